The summed E-state index contributed by atoms with van der Waals surface area (Å²) in [6.07, 6.45) is 9.09. The Morgan fingerprint density at radius 3 is 2.79 bits per heavy atom. The lowest BCUT2D eigenvalue weighted by molar-refractivity contribution is 0.0600. The highest BCUT2D eigenvalue weighted by atomic mass is 16.5. The summed E-state index contributed by atoms with van der Waals surface area (Å²) >= 11 is 0. The molecule has 0 atom stereocenters. The Hall–Kier alpha value is -3.04. The van der Waals surface area contributed by atoms with Crippen molar-refractivity contribution in [1.82, 2.24) is 34.3 Å². The van der Waals surface area contributed by atoms with Gasteiger partial charge in [-0.2, -0.15) is 0 Å². The molecular weight excluding hydrogens is 362 g/mol. The zero-order valence-electron chi connectivity index (χ0n) is 15.8. The number of ether oxygens (including phenoxy) is 1. The van der Waals surface area contributed by atoms with E-state index >= 15 is 0 Å². The highest BCUT2D eigenvalue weighted by Crippen LogP contribution is 2.29. The summed E-state index contributed by atoms with van der Waals surface area (Å²) in [7, 11) is 1.33. The van der Waals surface area contributed by atoms with Crippen LogP contribution in [0.2, 0.25) is 0 Å². The van der Waals surface area contributed by atoms with Crippen LogP contribution in [0.3, 0.4) is 0 Å². The van der Waals surface area contributed by atoms with Crippen LogP contribution in [0.5, 0.6) is 0 Å². The second kappa shape index (κ2) is 7.91. The zero-order chi connectivity index (χ0) is 19.5. The number of tetrazole rings is 1. The number of aromatic nitrogens is 7. The summed E-state index contributed by atoms with van der Waals surface area (Å²) in [5, 5.41) is 11.1. The highest BCUT2D eigenvalue weighted by molar-refractivity contribution is 5.92. The number of methoxy groups -OCH3 is 1. The summed E-state index contributed by atoms with van der Waals surface area (Å²) in [6.45, 7) is 1.08. The van der Waals surface area contributed by atoms with Crippen molar-refractivity contribution in [3.05, 3.63) is 34.6 Å². The molecule has 0 spiro atoms. The third kappa shape index (κ3) is 3.41. The Morgan fingerprint density at radius 2 is 2.07 bits per heavy atom. The van der Waals surface area contributed by atoms with Crippen LogP contribution in [-0.4, -0.2) is 47.4 Å². The monoisotopic (exact) mass is 385 g/mol. The molecule has 0 aliphatic heterocycles. The molecule has 0 saturated heterocycles. The number of aryl methyl sites for hydroxylation is 2. The van der Waals surface area contributed by atoms with Gasteiger partial charge in [0.25, 0.3) is 0 Å². The van der Waals surface area contributed by atoms with Crippen LogP contribution in [0.15, 0.2) is 23.4 Å². The smallest absolute Gasteiger partial charge is 0.339 e. The average molecular weight is 385 g/mol. The van der Waals surface area contributed by atoms with E-state index < -0.39 is 5.97 Å². The lowest BCUT2D eigenvalue weighted by atomic mass is 9.95. The molecule has 148 valence electrons. The van der Waals surface area contributed by atoms with Gasteiger partial charge in [-0.15, -0.1) is 5.10 Å². The van der Waals surface area contributed by atoms with E-state index in [2.05, 4.69) is 20.5 Å². The van der Waals surface area contributed by atoms with Gasteiger partial charge in [0.05, 0.1) is 18.2 Å². The Kier molecular flexibility index (Phi) is 5.18. The van der Waals surface area contributed by atoms with Crippen LogP contribution < -0.4 is 5.69 Å². The molecular formula is C18H23N7O3. The SMILES string of the molecule is COC(=O)c1cnc2c(c1)n(CCCn1cnnn1)c(=O)n2C1CCCCC1. The summed E-state index contributed by atoms with van der Waals surface area (Å²) < 4.78 is 9.95. The molecule has 0 bridgehead atoms. The number of carbonyl (C=O) groups excluding carboxylic acids is 1. The molecule has 28 heavy (non-hydrogen) atoms. The molecule has 1 saturated carbocycles. The quantitative estimate of drug-likeness (QED) is 0.592. The van der Waals surface area contributed by atoms with Gasteiger partial charge < -0.3 is 4.74 Å². The third-order valence-corrected chi connectivity index (χ3v) is 5.32. The van der Waals surface area contributed by atoms with Crippen molar-refractivity contribution in [1.29, 1.82) is 0 Å². The van der Waals surface area contributed by atoms with Crippen LogP contribution >= 0.6 is 0 Å². The van der Waals surface area contributed by atoms with Crippen molar-refractivity contribution in [2.24, 2.45) is 0 Å². The predicted molar refractivity (Wildman–Crippen MR) is 99.9 cm³/mol. The Morgan fingerprint density at radius 1 is 1.25 bits per heavy atom. The van der Waals surface area contributed by atoms with E-state index in [9.17, 15) is 9.59 Å². The normalized spacial score (nSPS) is 15.2. The summed E-state index contributed by atoms with van der Waals surface area (Å²) in [5.74, 6) is -0.465. The highest BCUT2D eigenvalue weighted by Gasteiger charge is 2.24. The van der Waals surface area contributed by atoms with Crippen LogP contribution in [0, 0.1) is 0 Å². The summed E-state index contributed by atoms with van der Waals surface area (Å²) in [6, 6.07) is 1.85. The van der Waals surface area contributed by atoms with Crippen molar-refractivity contribution < 1.29 is 9.53 Å². The van der Waals surface area contributed by atoms with Crippen LogP contribution in [-0.2, 0) is 17.8 Å². The van der Waals surface area contributed by atoms with Gasteiger partial charge in [-0.05, 0) is 35.8 Å². The summed E-state index contributed by atoms with van der Waals surface area (Å²) in [4.78, 5) is 29.7. The maximum atomic E-state index is 13.3. The molecule has 3 aromatic rings. The molecule has 10 nitrogen and oxygen atoms in total. The van der Waals surface area contributed by atoms with Crippen LogP contribution in [0.1, 0.15) is 54.9 Å². The standard InChI is InChI=1S/C18H23N7O3/c1-28-17(26)13-10-15-16(19-11-13)25(14-6-3-2-4-7-14)18(27)24(15)9-5-8-23-12-20-21-22-23/h10-12,14H,2-9H2,1H3. The van der Waals surface area contributed by atoms with E-state index in [4.69, 9.17) is 4.74 Å². The number of nitrogens with zero attached hydrogens (tertiary/aromatic N) is 7. The van der Waals surface area contributed by atoms with Gasteiger partial charge >= 0.3 is 11.7 Å². The molecule has 10 heteroatoms. The first-order valence-electron chi connectivity index (χ1n) is 9.59. The van der Waals surface area contributed by atoms with Gasteiger partial charge in [0.2, 0.25) is 0 Å². The number of pyridine rings is 1. The van der Waals surface area contributed by atoms with Gasteiger partial charge in [0.15, 0.2) is 5.65 Å². The van der Waals surface area contributed by atoms with E-state index in [-0.39, 0.29) is 11.7 Å². The topological polar surface area (TPSA) is 110 Å². The predicted octanol–water partition coefficient (Wildman–Crippen LogP) is 1.57. The molecule has 0 unspecified atom stereocenters. The third-order valence-electron chi connectivity index (χ3n) is 5.32. The fraction of sp³-hybridized carbons (Fsp3) is 0.556. The van der Waals surface area contributed by atoms with E-state index in [1.54, 1.807) is 21.6 Å². The number of hydrogen-bond donors (Lipinski definition) is 0. The van der Waals surface area contributed by atoms with Crippen molar-refractivity contribution in [3.63, 3.8) is 0 Å². The molecule has 3 heterocycles. The number of fused-ring (bicyclic) bond motifs is 1. The first kappa shape index (κ1) is 18.3. The summed E-state index contributed by atoms with van der Waals surface area (Å²) in [5.41, 5.74) is 1.56. The molecule has 1 fully saturated rings. The minimum atomic E-state index is -0.465. The number of carbonyl (C=O) groups is 1. The maximum Gasteiger partial charge on any atom is 0.339 e. The number of imidazole rings is 1. The zero-order valence-corrected chi connectivity index (χ0v) is 15.8. The first-order chi connectivity index (χ1) is 13.7. The van der Waals surface area contributed by atoms with Gasteiger partial charge in [-0.1, -0.05) is 19.3 Å². The van der Waals surface area contributed by atoms with Crippen molar-refractivity contribution in [3.8, 4) is 0 Å². The van der Waals surface area contributed by atoms with Crippen molar-refractivity contribution >= 4 is 17.1 Å². The van der Waals surface area contributed by atoms with E-state index in [0.29, 0.717) is 36.2 Å². The molecule has 4 rings (SSSR count). The van der Waals surface area contributed by atoms with Gasteiger partial charge in [0.1, 0.15) is 6.33 Å². The molecule has 3 aromatic heterocycles. The van der Waals surface area contributed by atoms with Crippen LogP contribution in [0.4, 0.5) is 0 Å². The number of hydrogen-bond acceptors (Lipinski definition) is 7. The molecule has 0 radical (unpaired) electrons. The van der Waals surface area contributed by atoms with E-state index in [1.165, 1.54) is 19.7 Å². The largest absolute Gasteiger partial charge is 0.465 e. The fourth-order valence-corrected chi connectivity index (χ4v) is 3.94. The maximum absolute atomic E-state index is 13.3. The number of esters is 1. The first-order valence-corrected chi connectivity index (χ1v) is 9.59. The molecule has 0 aromatic carbocycles. The fourth-order valence-electron chi connectivity index (χ4n) is 3.94. The van der Waals surface area contributed by atoms with E-state index in [1.807, 2.05) is 4.57 Å². The molecule has 1 aliphatic rings. The van der Waals surface area contributed by atoms with Gasteiger partial charge in [-0.25, -0.2) is 19.3 Å². The number of rotatable bonds is 6. The van der Waals surface area contributed by atoms with Crippen LogP contribution in [0.25, 0.3) is 11.2 Å². The molecule has 0 N–H and O–H groups in total. The minimum absolute atomic E-state index is 0.0758. The molecule has 1 aliphatic carbocycles. The second-order valence-electron chi connectivity index (χ2n) is 7.08. The lowest BCUT2D eigenvalue weighted by Gasteiger charge is -2.22. The Bertz CT molecular complexity index is 1020. The Labute approximate surface area is 161 Å². The Balaban J connectivity index is 1.72. The minimum Gasteiger partial charge on any atom is -0.465 e. The molecule has 0 amide bonds. The van der Waals surface area contributed by atoms with Gasteiger partial charge in [-0.3, -0.25) is 9.13 Å². The lowest BCUT2D eigenvalue weighted by Crippen LogP contribution is -2.29. The van der Waals surface area contributed by atoms with Crippen molar-refractivity contribution in [2.45, 2.75) is 57.7 Å². The van der Waals surface area contributed by atoms with E-state index in [0.717, 1.165) is 25.7 Å². The van der Waals surface area contributed by atoms with Gasteiger partial charge in [0, 0.05) is 25.3 Å². The van der Waals surface area contributed by atoms with Crippen molar-refractivity contribution in [2.75, 3.05) is 7.11 Å². The second-order valence-corrected chi connectivity index (χ2v) is 7.08. The average Bonchev–Trinajstić information content (AvgIpc) is 3.34.